The van der Waals surface area contributed by atoms with Crippen LogP contribution in [-0.2, 0) is 14.4 Å². The van der Waals surface area contributed by atoms with E-state index in [2.05, 4.69) is 6.92 Å². The molecule has 0 saturated carbocycles. The van der Waals surface area contributed by atoms with Gasteiger partial charge in [-0.25, -0.2) is 0 Å². The maximum absolute atomic E-state index is 11.8. The monoisotopic (exact) mass is 240 g/mol. The molecule has 0 saturated heterocycles. The number of carbonyl (C=O) groups excluding carboxylic acids is 3. The zero-order valence-corrected chi connectivity index (χ0v) is 11.0. The number of ketones is 2. The van der Waals surface area contributed by atoms with Crippen LogP contribution in [0, 0.1) is 5.92 Å². The van der Waals surface area contributed by atoms with Crippen LogP contribution in [-0.4, -0.2) is 17.9 Å². The predicted molar refractivity (Wildman–Crippen MR) is 67.9 cm³/mol. The lowest BCUT2D eigenvalue weighted by Gasteiger charge is -2.11. The first-order valence-electron chi connectivity index (χ1n) is 6.69. The molecule has 3 nitrogen and oxygen atoms in total. The van der Waals surface area contributed by atoms with Crippen molar-refractivity contribution in [1.29, 1.82) is 0 Å². The molecule has 0 aromatic carbocycles. The minimum Gasteiger partial charge on any atom is -0.299 e. The summed E-state index contributed by atoms with van der Waals surface area (Å²) < 4.78 is 0. The van der Waals surface area contributed by atoms with Crippen molar-refractivity contribution >= 4 is 17.9 Å². The van der Waals surface area contributed by atoms with Crippen LogP contribution in [0.1, 0.15) is 65.2 Å². The largest absolute Gasteiger partial charge is 0.299 e. The molecule has 1 unspecified atom stereocenters. The Balaban J connectivity index is 4.12. The normalized spacial score (nSPS) is 12.1. The first-order valence-corrected chi connectivity index (χ1v) is 6.69. The van der Waals surface area contributed by atoms with Gasteiger partial charge in [0.15, 0.2) is 6.29 Å². The van der Waals surface area contributed by atoms with Crippen molar-refractivity contribution in [3.8, 4) is 0 Å². The van der Waals surface area contributed by atoms with Gasteiger partial charge in [0, 0.05) is 6.42 Å². The van der Waals surface area contributed by atoms with E-state index in [-0.39, 0.29) is 5.78 Å². The fraction of sp³-hybridized carbons (Fsp3) is 0.786. The van der Waals surface area contributed by atoms with Crippen molar-refractivity contribution < 1.29 is 14.4 Å². The molecule has 0 amide bonds. The minimum absolute atomic E-state index is 0.0494. The molecule has 98 valence electrons. The maximum Gasteiger partial charge on any atom is 0.205 e. The van der Waals surface area contributed by atoms with E-state index >= 15 is 0 Å². The standard InChI is InChI=1S/C14H24O3/c1-3-5-7-8-10-13(16)12(9-6-4-2)14(17)11-15/h11-12H,3-10H2,1-2H3. The highest BCUT2D eigenvalue weighted by Crippen LogP contribution is 2.15. The quantitative estimate of drug-likeness (QED) is 0.241. The first kappa shape index (κ1) is 16.0. The highest BCUT2D eigenvalue weighted by molar-refractivity contribution is 6.31. The third kappa shape index (κ3) is 7.03. The number of hydrogen-bond acceptors (Lipinski definition) is 3. The van der Waals surface area contributed by atoms with E-state index in [0.29, 0.717) is 19.1 Å². The first-order chi connectivity index (χ1) is 8.17. The second-order valence-corrected chi connectivity index (χ2v) is 4.49. The third-order valence-corrected chi connectivity index (χ3v) is 2.97. The summed E-state index contributed by atoms with van der Waals surface area (Å²) >= 11 is 0. The van der Waals surface area contributed by atoms with Crippen LogP contribution in [0.4, 0.5) is 0 Å². The van der Waals surface area contributed by atoms with E-state index in [0.717, 1.165) is 38.5 Å². The summed E-state index contributed by atoms with van der Waals surface area (Å²) in [5, 5.41) is 0. The summed E-state index contributed by atoms with van der Waals surface area (Å²) in [6.07, 6.45) is 7.13. The van der Waals surface area contributed by atoms with Gasteiger partial charge in [0.25, 0.3) is 0 Å². The molecule has 3 heteroatoms. The Morgan fingerprint density at radius 2 is 1.65 bits per heavy atom. The van der Waals surface area contributed by atoms with Gasteiger partial charge >= 0.3 is 0 Å². The van der Waals surface area contributed by atoms with Gasteiger partial charge in [0.2, 0.25) is 5.78 Å². The Morgan fingerprint density at radius 3 is 2.18 bits per heavy atom. The number of carbonyl (C=O) groups is 3. The van der Waals surface area contributed by atoms with Gasteiger partial charge in [0.1, 0.15) is 5.78 Å². The highest BCUT2D eigenvalue weighted by atomic mass is 16.2. The molecule has 0 aliphatic rings. The van der Waals surface area contributed by atoms with E-state index in [1.54, 1.807) is 0 Å². The summed E-state index contributed by atoms with van der Waals surface area (Å²) in [6.45, 7) is 4.12. The summed E-state index contributed by atoms with van der Waals surface area (Å²) in [5.41, 5.74) is 0. The van der Waals surface area contributed by atoms with Crippen molar-refractivity contribution in [2.75, 3.05) is 0 Å². The number of Topliss-reactive ketones (excluding diaryl/α,β-unsaturated/α-hetero) is 2. The Hall–Kier alpha value is -0.990. The molecule has 17 heavy (non-hydrogen) atoms. The molecule has 0 fully saturated rings. The molecular formula is C14H24O3. The van der Waals surface area contributed by atoms with Gasteiger partial charge < -0.3 is 0 Å². The van der Waals surface area contributed by atoms with Crippen LogP contribution in [0.2, 0.25) is 0 Å². The molecule has 0 aliphatic carbocycles. The number of aldehydes is 1. The number of unbranched alkanes of at least 4 members (excludes halogenated alkanes) is 4. The average molecular weight is 240 g/mol. The maximum atomic E-state index is 11.8. The lowest BCUT2D eigenvalue weighted by Crippen LogP contribution is -2.25. The number of hydrogen-bond donors (Lipinski definition) is 0. The SMILES string of the molecule is CCCCCCC(=O)C(CCCC)C(=O)C=O. The molecular weight excluding hydrogens is 216 g/mol. The van der Waals surface area contributed by atoms with Crippen LogP contribution in [0.5, 0.6) is 0 Å². The van der Waals surface area contributed by atoms with Crippen LogP contribution in [0.15, 0.2) is 0 Å². The van der Waals surface area contributed by atoms with Crippen LogP contribution < -0.4 is 0 Å². The molecule has 0 bridgehead atoms. The molecule has 0 N–H and O–H groups in total. The van der Waals surface area contributed by atoms with Crippen LogP contribution >= 0.6 is 0 Å². The van der Waals surface area contributed by atoms with Crippen molar-refractivity contribution in [1.82, 2.24) is 0 Å². The zero-order valence-electron chi connectivity index (χ0n) is 11.0. The number of rotatable bonds is 11. The fourth-order valence-corrected chi connectivity index (χ4v) is 1.85. The smallest absolute Gasteiger partial charge is 0.205 e. The predicted octanol–water partition coefficient (Wildman–Crippen LogP) is 3.10. The van der Waals surface area contributed by atoms with Gasteiger partial charge in [-0.3, -0.25) is 14.4 Å². The molecule has 0 heterocycles. The van der Waals surface area contributed by atoms with Gasteiger partial charge in [-0.2, -0.15) is 0 Å². The van der Waals surface area contributed by atoms with Gasteiger partial charge in [-0.15, -0.1) is 0 Å². The summed E-state index contributed by atoms with van der Waals surface area (Å²) in [6, 6.07) is 0. The van der Waals surface area contributed by atoms with Gasteiger partial charge in [-0.1, -0.05) is 46.0 Å². The summed E-state index contributed by atoms with van der Waals surface area (Å²) in [5.74, 6) is -1.26. The summed E-state index contributed by atoms with van der Waals surface area (Å²) in [7, 11) is 0. The molecule has 1 atom stereocenters. The van der Waals surface area contributed by atoms with E-state index < -0.39 is 11.7 Å². The van der Waals surface area contributed by atoms with E-state index in [1.807, 2.05) is 6.92 Å². The molecule has 0 aliphatic heterocycles. The zero-order chi connectivity index (χ0) is 13.1. The lowest BCUT2D eigenvalue weighted by atomic mass is 9.90. The Kier molecular flexibility index (Phi) is 9.59. The summed E-state index contributed by atoms with van der Waals surface area (Å²) in [4.78, 5) is 33.7. The second-order valence-electron chi connectivity index (χ2n) is 4.49. The Bertz CT molecular complexity index is 246. The Morgan fingerprint density at radius 1 is 1.00 bits per heavy atom. The molecule has 0 radical (unpaired) electrons. The lowest BCUT2D eigenvalue weighted by molar-refractivity contribution is -0.138. The van der Waals surface area contributed by atoms with Crippen molar-refractivity contribution in [2.45, 2.75) is 65.2 Å². The molecule has 0 spiro atoms. The van der Waals surface area contributed by atoms with E-state index in [4.69, 9.17) is 0 Å². The van der Waals surface area contributed by atoms with E-state index in [1.165, 1.54) is 0 Å². The van der Waals surface area contributed by atoms with Crippen molar-refractivity contribution in [2.24, 2.45) is 5.92 Å². The Labute approximate surface area is 104 Å². The average Bonchev–Trinajstić information content (AvgIpc) is 2.34. The second kappa shape index (κ2) is 10.2. The minimum atomic E-state index is -0.672. The topological polar surface area (TPSA) is 51.2 Å². The van der Waals surface area contributed by atoms with Crippen molar-refractivity contribution in [3.05, 3.63) is 0 Å². The van der Waals surface area contributed by atoms with Crippen LogP contribution in [0.25, 0.3) is 0 Å². The molecule has 0 rings (SSSR count). The fourth-order valence-electron chi connectivity index (χ4n) is 1.85. The molecule has 0 aromatic heterocycles. The van der Waals surface area contributed by atoms with E-state index in [9.17, 15) is 14.4 Å². The highest BCUT2D eigenvalue weighted by Gasteiger charge is 2.24. The van der Waals surface area contributed by atoms with Crippen LogP contribution in [0.3, 0.4) is 0 Å². The van der Waals surface area contributed by atoms with Crippen molar-refractivity contribution in [3.63, 3.8) is 0 Å². The van der Waals surface area contributed by atoms with Gasteiger partial charge in [0.05, 0.1) is 5.92 Å². The molecule has 0 aromatic rings. The van der Waals surface area contributed by atoms with Gasteiger partial charge in [-0.05, 0) is 12.8 Å². The third-order valence-electron chi connectivity index (χ3n) is 2.97.